The summed E-state index contributed by atoms with van der Waals surface area (Å²) in [4.78, 5) is 17.5. The molecule has 3 rings (SSSR count). The Morgan fingerprint density at radius 2 is 2.12 bits per heavy atom. The third-order valence-corrected chi connectivity index (χ3v) is 5.31. The minimum Gasteiger partial charge on any atom is -0.338 e. The molecule has 0 bridgehead atoms. The van der Waals surface area contributed by atoms with E-state index in [1.165, 1.54) is 11.8 Å². The van der Waals surface area contributed by atoms with Crippen molar-refractivity contribution in [3.8, 4) is 10.7 Å². The molecule has 130 valence electrons. The summed E-state index contributed by atoms with van der Waals surface area (Å²) in [7, 11) is 0. The molecule has 2 heterocycles. The zero-order valence-electron chi connectivity index (χ0n) is 14.1. The Bertz CT molecular complexity index is 828. The molecule has 2 aromatic heterocycles. The third-order valence-electron chi connectivity index (χ3n) is 3.53. The molecular formula is C18H19N3O2S2. The molecule has 0 aliphatic heterocycles. The molecule has 0 atom stereocenters. The molecule has 7 heteroatoms. The summed E-state index contributed by atoms with van der Waals surface area (Å²) in [6.07, 6.45) is 0. The second kappa shape index (κ2) is 8.31. The van der Waals surface area contributed by atoms with Crippen molar-refractivity contribution < 1.29 is 9.32 Å². The zero-order chi connectivity index (χ0) is 17.6. The predicted octanol–water partition coefficient (Wildman–Crippen LogP) is 4.79. The van der Waals surface area contributed by atoms with Gasteiger partial charge in [0.05, 0.1) is 16.4 Å². The van der Waals surface area contributed by atoms with Gasteiger partial charge < -0.3 is 9.84 Å². The molecular weight excluding hydrogens is 354 g/mol. The molecule has 0 unspecified atom stereocenters. The van der Waals surface area contributed by atoms with Crippen LogP contribution < -0.4 is 5.32 Å². The van der Waals surface area contributed by atoms with Gasteiger partial charge in [0, 0.05) is 5.69 Å². The monoisotopic (exact) mass is 373 g/mol. The van der Waals surface area contributed by atoms with Crippen molar-refractivity contribution in [3.05, 3.63) is 53.2 Å². The van der Waals surface area contributed by atoms with Gasteiger partial charge in [-0.05, 0) is 29.0 Å². The van der Waals surface area contributed by atoms with Crippen molar-refractivity contribution in [2.45, 2.75) is 25.5 Å². The number of nitrogens with one attached hydrogen (secondary N) is 1. The number of carbonyl (C=O) groups excluding carboxylic acids is 1. The SMILES string of the molecule is CC(C)c1ccccc1NC(=O)CSCc1nc(-c2cccs2)no1. The number of rotatable bonds is 7. The zero-order valence-corrected chi connectivity index (χ0v) is 15.7. The highest BCUT2D eigenvalue weighted by Crippen LogP contribution is 2.24. The summed E-state index contributed by atoms with van der Waals surface area (Å²) in [6.45, 7) is 4.22. The topological polar surface area (TPSA) is 68.0 Å². The Labute approximate surface area is 154 Å². The van der Waals surface area contributed by atoms with Gasteiger partial charge in [-0.3, -0.25) is 4.79 Å². The Morgan fingerprint density at radius 1 is 1.28 bits per heavy atom. The van der Waals surface area contributed by atoms with E-state index < -0.39 is 0 Å². The van der Waals surface area contributed by atoms with E-state index >= 15 is 0 Å². The Morgan fingerprint density at radius 3 is 2.88 bits per heavy atom. The van der Waals surface area contributed by atoms with E-state index in [0.717, 1.165) is 16.1 Å². The standard InChI is InChI=1S/C18H19N3O2S2/c1-12(2)13-6-3-4-7-14(13)19-16(22)10-24-11-17-20-18(21-23-17)15-8-5-9-25-15/h3-9,12H,10-11H2,1-2H3,(H,19,22). The number of thiophene rings is 1. The fraction of sp³-hybridized carbons (Fsp3) is 0.278. The van der Waals surface area contributed by atoms with Crippen LogP contribution in [-0.2, 0) is 10.5 Å². The van der Waals surface area contributed by atoms with Gasteiger partial charge >= 0.3 is 0 Å². The highest BCUT2D eigenvalue weighted by molar-refractivity contribution is 7.99. The summed E-state index contributed by atoms with van der Waals surface area (Å²) in [5, 5.41) is 8.92. The molecule has 0 aliphatic carbocycles. The molecule has 1 amide bonds. The maximum atomic E-state index is 12.2. The fourth-order valence-electron chi connectivity index (χ4n) is 2.35. The van der Waals surface area contributed by atoms with Crippen LogP contribution in [-0.4, -0.2) is 21.8 Å². The summed E-state index contributed by atoms with van der Waals surface area (Å²) in [5.41, 5.74) is 2.01. The van der Waals surface area contributed by atoms with Crippen molar-refractivity contribution in [2.24, 2.45) is 0 Å². The van der Waals surface area contributed by atoms with E-state index in [1.807, 2.05) is 41.8 Å². The number of amides is 1. The summed E-state index contributed by atoms with van der Waals surface area (Å²) >= 11 is 3.02. The number of benzene rings is 1. The number of anilines is 1. The molecule has 0 fully saturated rings. The van der Waals surface area contributed by atoms with Crippen LogP contribution in [0.2, 0.25) is 0 Å². The van der Waals surface area contributed by atoms with E-state index in [1.54, 1.807) is 11.3 Å². The number of aromatic nitrogens is 2. The van der Waals surface area contributed by atoms with Crippen molar-refractivity contribution in [1.82, 2.24) is 10.1 Å². The first-order valence-corrected chi connectivity index (χ1v) is 10.00. The second-order valence-electron chi connectivity index (χ2n) is 5.77. The minimum atomic E-state index is -0.0314. The van der Waals surface area contributed by atoms with Crippen molar-refractivity contribution in [1.29, 1.82) is 0 Å². The maximum Gasteiger partial charge on any atom is 0.236 e. The van der Waals surface area contributed by atoms with Crippen LogP contribution in [0.5, 0.6) is 0 Å². The van der Waals surface area contributed by atoms with Crippen LogP contribution in [0.3, 0.4) is 0 Å². The van der Waals surface area contributed by atoms with Crippen molar-refractivity contribution >= 4 is 34.7 Å². The summed E-state index contributed by atoms with van der Waals surface area (Å²) in [5.74, 6) is 2.31. The quantitative estimate of drug-likeness (QED) is 0.645. The molecule has 1 N–H and O–H groups in total. The third kappa shape index (κ3) is 4.70. The predicted molar refractivity (Wildman–Crippen MR) is 103 cm³/mol. The lowest BCUT2D eigenvalue weighted by Gasteiger charge is -2.13. The summed E-state index contributed by atoms with van der Waals surface area (Å²) in [6, 6.07) is 11.8. The fourth-order valence-corrected chi connectivity index (χ4v) is 3.65. The molecule has 0 radical (unpaired) electrons. The van der Waals surface area contributed by atoms with Gasteiger partial charge in [0.25, 0.3) is 0 Å². The molecule has 1 aromatic carbocycles. The molecule has 5 nitrogen and oxygen atoms in total. The van der Waals surface area contributed by atoms with Crippen molar-refractivity contribution in [2.75, 3.05) is 11.1 Å². The van der Waals surface area contributed by atoms with Crippen molar-refractivity contribution in [3.63, 3.8) is 0 Å². The number of thioether (sulfide) groups is 1. The van der Waals surface area contributed by atoms with Crippen LogP contribution in [0.25, 0.3) is 10.7 Å². The molecule has 0 spiro atoms. The normalized spacial score (nSPS) is 11.0. The number of hydrogen-bond donors (Lipinski definition) is 1. The first-order valence-electron chi connectivity index (χ1n) is 7.96. The number of hydrogen-bond acceptors (Lipinski definition) is 6. The molecule has 3 aromatic rings. The van der Waals surface area contributed by atoms with Crippen LogP contribution in [0, 0.1) is 0 Å². The van der Waals surface area contributed by atoms with Gasteiger partial charge in [-0.25, -0.2) is 0 Å². The average molecular weight is 374 g/mol. The van der Waals surface area contributed by atoms with E-state index in [0.29, 0.717) is 29.1 Å². The molecule has 0 saturated heterocycles. The summed E-state index contributed by atoms with van der Waals surface area (Å²) < 4.78 is 5.23. The van der Waals surface area contributed by atoms with Gasteiger partial charge in [0.15, 0.2) is 0 Å². The van der Waals surface area contributed by atoms with Crippen LogP contribution in [0.1, 0.15) is 31.2 Å². The molecule has 0 aliphatic rings. The van der Waals surface area contributed by atoms with Gasteiger partial charge in [-0.2, -0.15) is 4.98 Å². The smallest absolute Gasteiger partial charge is 0.236 e. The lowest BCUT2D eigenvalue weighted by atomic mass is 10.0. The highest BCUT2D eigenvalue weighted by atomic mass is 32.2. The second-order valence-corrected chi connectivity index (χ2v) is 7.71. The maximum absolute atomic E-state index is 12.2. The Hall–Kier alpha value is -2.12. The van der Waals surface area contributed by atoms with Crippen LogP contribution in [0.15, 0.2) is 46.3 Å². The lowest BCUT2D eigenvalue weighted by Crippen LogP contribution is -2.15. The van der Waals surface area contributed by atoms with Crippen LogP contribution >= 0.6 is 23.1 Å². The van der Waals surface area contributed by atoms with Crippen LogP contribution in [0.4, 0.5) is 5.69 Å². The van der Waals surface area contributed by atoms with Gasteiger partial charge in [0.2, 0.25) is 17.6 Å². The first kappa shape index (κ1) is 17.7. The van der Waals surface area contributed by atoms with E-state index in [9.17, 15) is 4.79 Å². The van der Waals surface area contributed by atoms with E-state index in [2.05, 4.69) is 29.3 Å². The number of para-hydroxylation sites is 1. The molecule has 0 saturated carbocycles. The van der Waals surface area contributed by atoms with E-state index in [-0.39, 0.29) is 5.91 Å². The van der Waals surface area contributed by atoms with Gasteiger partial charge in [0.1, 0.15) is 0 Å². The molecule has 25 heavy (non-hydrogen) atoms. The Kier molecular flexibility index (Phi) is 5.88. The Balaban J connectivity index is 1.50. The number of carbonyl (C=O) groups is 1. The van der Waals surface area contributed by atoms with Gasteiger partial charge in [-0.1, -0.05) is 43.3 Å². The number of nitrogens with zero attached hydrogens (tertiary/aromatic N) is 2. The largest absolute Gasteiger partial charge is 0.338 e. The first-order chi connectivity index (χ1) is 12.1. The minimum absolute atomic E-state index is 0.0314. The van der Waals surface area contributed by atoms with Gasteiger partial charge in [-0.15, -0.1) is 23.1 Å². The highest BCUT2D eigenvalue weighted by Gasteiger charge is 2.12. The average Bonchev–Trinajstić information content (AvgIpc) is 3.26. The lowest BCUT2D eigenvalue weighted by molar-refractivity contribution is -0.113. The van der Waals surface area contributed by atoms with E-state index in [4.69, 9.17) is 4.52 Å².